The van der Waals surface area contributed by atoms with Gasteiger partial charge in [-0.3, -0.25) is 0 Å². The summed E-state index contributed by atoms with van der Waals surface area (Å²) in [5, 5.41) is 1.73. The van der Waals surface area contributed by atoms with Crippen LogP contribution in [0.15, 0.2) is 33.9 Å². The largest absolute Gasteiger partial charge is 0.376 e. The number of hydrogen-bond donors (Lipinski definition) is 1. The van der Waals surface area contributed by atoms with Crippen LogP contribution in [0.5, 0.6) is 0 Å². The van der Waals surface area contributed by atoms with Gasteiger partial charge in [-0.05, 0) is 18.4 Å². The van der Waals surface area contributed by atoms with E-state index in [1.165, 1.54) is 11.3 Å². The molecule has 0 aliphatic rings. The number of nitrogens with one attached hydrogen (secondary N) is 1. The lowest BCUT2D eigenvalue weighted by Gasteiger charge is -2.05. The fourth-order valence-corrected chi connectivity index (χ4v) is 3.03. The van der Waals surface area contributed by atoms with Gasteiger partial charge in [0.2, 0.25) is 10.0 Å². The second kappa shape index (κ2) is 6.15. The van der Waals surface area contributed by atoms with Crippen LogP contribution in [0, 0.1) is 0 Å². The molecule has 4 nitrogen and oxygen atoms in total. The Morgan fingerprint density at radius 2 is 2.38 bits per heavy atom. The second-order valence-electron chi connectivity index (χ2n) is 3.34. The molecule has 0 saturated heterocycles. The van der Waals surface area contributed by atoms with Crippen LogP contribution in [0.25, 0.3) is 0 Å². The number of hydrogen-bond acceptors (Lipinski definition) is 4. The minimum absolute atomic E-state index is 0.271. The number of sulfonamides is 1. The summed E-state index contributed by atoms with van der Waals surface area (Å²) in [7, 11) is -3.35. The summed E-state index contributed by atoms with van der Waals surface area (Å²) in [4.78, 5) is 0. The maximum absolute atomic E-state index is 11.6. The van der Waals surface area contributed by atoms with Gasteiger partial charge in [0, 0.05) is 6.54 Å². The molecule has 1 heterocycles. The average molecular weight is 261 g/mol. The Balaban J connectivity index is 2.30. The normalized spacial score (nSPS) is 11.6. The highest BCUT2D eigenvalue weighted by atomic mass is 32.2. The Hall–Kier alpha value is -0.690. The minimum Gasteiger partial charge on any atom is -0.376 e. The van der Waals surface area contributed by atoms with Gasteiger partial charge in [-0.2, -0.15) is 0 Å². The van der Waals surface area contributed by atoms with Gasteiger partial charge < -0.3 is 4.74 Å². The highest BCUT2D eigenvalue weighted by molar-refractivity contribution is 7.91. The van der Waals surface area contributed by atoms with E-state index in [1.54, 1.807) is 17.5 Å². The lowest BCUT2D eigenvalue weighted by molar-refractivity contribution is 0.162. The number of rotatable bonds is 7. The van der Waals surface area contributed by atoms with Gasteiger partial charge in [-0.25, -0.2) is 13.1 Å². The van der Waals surface area contributed by atoms with Crippen molar-refractivity contribution in [2.45, 2.75) is 11.1 Å². The molecule has 0 amide bonds. The summed E-state index contributed by atoms with van der Waals surface area (Å²) < 4.78 is 31.2. The van der Waals surface area contributed by atoms with Crippen molar-refractivity contribution in [2.75, 3.05) is 19.8 Å². The smallest absolute Gasteiger partial charge is 0.250 e. The molecule has 0 bridgehead atoms. The van der Waals surface area contributed by atoms with Crippen molar-refractivity contribution < 1.29 is 13.2 Å². The Labute approximate surface area is 100.0 Å². The van der Waals surface area contributed by atoms with Gasteiger partial charge >= 0.3 is 0 Å². The molecule has 1 rings (SSSR count). The third-order valence-electron chi connectivity index (χ3n) is 1.65. The van der Waals surface area contributed by atoms with E-state index in [-0.39, 0.29) is 6.54 Å². The number of ether oxygens (including phenoxy) is 1. The predicted molar refractivity (Wildman–Crippen MR) is 65.1 cm³/mol. The van der Waals surface area contributed by atoms with Crippen molar-refractivity contribution in [1.82, 2.24) is 4.72 Å². The molecule has 1 aromatic rings. The van der Waals surface area contributed by atoms with E-state index < -0.39 is 10.0 Å². The molecule has 6 heteroatoms. The Morgan fingerprint density at radius 3 is 2.94 bits per heavy atom. The highest BCUT2D eigenvalue weighted by Gasteiger charge is 2.13. The first-order valence-corrected chi connectivity index (χ1v) is 7.14. The van der Waals surface area contributed by atoms with E-state index >= 15 is 0 Å². The molecule has 0 aliphatic heterocycles. The van der Waals surface area contributed by atoms with Crippen molar-refractivity contribution in [1.29, 1.82) is 0 Å². The summed E-state index contributed by atoms with van der Waals surface area (Å²) in [5.74, 6) is 0. The maximum Gasteiger partial charge on any atom is 0.250 e. The van der Waals surface area contributed by atoms with Crippen LogP contribution in [-0.4, -0.2) is 28.2 Å². The predicted octanol–water partition coefficient (Wildman–Crippen LogP) is 1.62. The third kappa shape index (κ3) is 4.44. The van der Waals surface area contributed by atoms with Crippen LogP contribution in [-0.2, 0) is 14.8 Å². The summed E-state index contributed by atoms with van der Waals surface area (Å²) in [6.07, 6.45) is 0. The molecule has 0 aliphatic carbocycles. The Kier molecular flexibility index (Phi) is 5.14. The summed E-state index contributed by atoms with van der Waals surface area (Å²) in [5.41, 5.74) is 0.918. The lowest BCUT2D eigenvalue weighted by Crippen LogP contribution is -2.27. The summed E-state index contributed by atoms with van der Waals surface area (Å²) >= 11 is 1.19. The zero-order valence-corrected chi connectivity index (χ0v) is 10.7. The average Bonchev–Trinajstić information content (AvgIpc) is 2.69. The Morgan fingerprint density at radius 1 is 1.62 bits per heavy atom. The van der Waals surface area contributed by atoms with Crippen LogP contribution in [0.3, 0.4) is 0 Å². The standard InChI is InChI=1S/C10H15NO3S2/c1-9(2)8-14-6-5-11-16(12,13)10-4-3-7-15-10/h3-4,7,11H,1,5-6,8H2,2H3. The first-order chi connectivity index (χ1) is 7.52. The zero-order chi connectivity index (χ0) is 12.0. The number of thiophene rings is 1. The first kappa shape index (κ1) is 13.4. The minimum atomic E-state index is -3.35. The fourth-order valence-electron chi connectivity index (χ4n) is 0.982. The first-order valence-electron chi connectivity index (χ1n) is 4.77. The fraction of sp³-hybridized carbons (Fsp3) is 0.400. The van der Waals surface area contributed by atoms with E-state index in [2.05, 4.69) is 11.3 Å². The van der Waals surface area contributed by atoms with E-state index in [1.807, 2.05) is 6.92 Å². The molecular weight excluding hydrogens is 246 g/mol. The quantitative estimate of drug-likeness (QED) is 0.599. The molecule has 90 valence electrons. The summed E-state index contributed by atoms with van der Waals surface area (Å²) in [6, 6.07) is 3.28. The van der Waals surface area contributed by atoms with Crippen LogP contribution in [0.1, 0.15) is 6.92 Å². The van der Waals surface area contributed by atoms with Crippen LogP contribution < -0.4 is 4.72 Å². The second-order valence-corrected chi connectivity index (χ2v) is 6.28. The topological polar surface area (TPSA) is 55.4 Å². The molecule has 1 N–H and O–H groups in total. The third-order valence-corrected chi connectivity index (χ3v) is 4.51. The zero-order valence-electron chi connectivity index (χ0n) is 9.10. The molecule has 0 spiro atoms. The van der Waals surface area contributed by atoms with Gasteiger partial charge in [0.25, 0.3) is 0 Å². The Bertz CT molecular complexity index is 423. The van der Waals surface area contributed by atoms with E-state index in [0.717, 1.165) is 5.57 Å². The maximum atomic E-state index is 11.6. The van der Waals surface area contributed by atoms with Crippen LogP contribution in [0.2, 0.25) is 0 Å². The molecule has 0 saturated carbocycles. The van der Waals surface area contributed by atoms with Gasteiger partial charge in [0.05, 0.1) is 13.2 Å². The van der Waals surface area contributed by atoms with E-state index in [9.17, 15) is 8.42 Å². The molecule has 1 aromatic heterocycles. The molecule has 0 unspecified atom stereocenters. The molecule has 16 heavy (non-hydrogen) atoms. The van der Waals surface area contributed by atoms with Crippen molar-refractivity contribution >= 4 is 21.4 Å². The van der Waals surface area contributed by atoms with Gasteiger partial charge in [0.15, 0.2) is 0 Å². The van der Waals surface area contributed by atoms with Crippen molar-refractivity contribution in [3.63, 3.8) is 0 Å². The van der Waals surface area contributed by atoms with Crippen LogP contribution in [0.4, 0.5) is 0 Å². The molecule has 0 atom stereocenters. The molecule has 0 aromatic carbocycles. The van der Waals surface area contributed by atoms with Crippen molar-refractivity contribution in [2.24, 2.45) is 0 Å². The van der Waals surface area contributed by atoms with Gasteiger partial charge in [0.1, 0.15) is 4.21 Å². The molecular formula is C10H15NO3S2. The van der Waals surface area contributed by atoms with E-state index in [4.69, 9.17) is 4.74 Å². The highest BCUT2D eigenvalue weighted by Crippen LogP contribution is 2.14. The van der Waals surface area contributed by atoms with Crippen molar-refractivity contribution in [3.8, 4) is 0 Å². The van der Waals surface area contributed by atoms with Gasteiger partial charge in [-0.1, -0.05) is 18.2 Å². The van der Waals surface area contributed by atoms with Crippen LogP contribution >= 0.6 is 11.3 Å². The SMILES string of the molecule is C=C(C)COCCNS(=O)(=O)c1cccs1. The monoisotopic (exact) mass is 261 g/mol. The van der Waals surface area contributed by atoms with Gasteiger partial charge in [-0.15, -0.1) is 11.3 Å². The lowest BCUT2D eigenvalue weighted by atomic mass is 10.4. The molecule has 0 radical (unpaired) electrons. The van der Waals surface area contributed by atoms with Crippen molar-refractivity contribution in [3.05, 3.63) is 29.7 Å². The summed E-state index contributed by atoms with van der Waals surface area (Å²) in [6.45, 7) is 6.61. The molecule has 0 fully saturated rings. The van der Waals surface area contributed by atoms with E-state index in [0.29, 0.717) is 17.4 Å².